The number of halogens is 2. The smallest absolute Gasteiger partial charge is 0.221 e. The van der Waals surface area contributed by atoms with E-state index >= 15 is 0 Å². The van der Waals surface area contributed by atoms with Crippen LogP contribution in [-0.2, 0) is 9.59 Å². The van der Waals surface area contributed by atoms with E-state index in [0.717, 1.165) is 38.5 Å². The van der Waals surface area contributed by atoms with E-state index in [1.165, 1.54) is 0 Å². The van der Waals surface area contributed by atoms with Crippen molar-refractivity contribution in [1.82, 2.24) is 0 Å². The molecule has 0 fully saturated rings. The molecule has 16 heavy (non-hydrogen) atoms. The molecular formula is C12H16Cl2O2. The van der Waals surface area contributed by atoms with Gasteiger partial charge in [0.1, 0.15) is 0 Å². The first kappa shape index (κ1) is 15.5. The van der Waals surface area contributed by atoms with Crippen molar-refractivity contribution in [2.24, 2.45) is 0 Å². The lowest BCUT2D eigenvalue weighted by Gasteiger charge is -1.92. The molecule has 0 saturated heterocycles. The Morgan fingerprint density at radius 1 is 0.750 bits per heavy atom. The minimum absolute atomic E-state index is 0.279. The second kappa shape index (κ2) is 11.0. The van der Waals surface area contributed by atoms with Crippen molar-refractivity contribution in [1.29, 1.82) is 0 Å². The van der Waals surface area contributed by atoms with E-state index < -0.39 is 0 Å². The zero-order valence-electron chi connectivity index (χ0n) is 9.23. The van der Waals surface area contributed by atoms with Gasteiger partial charge in [-0.15, -0.1) is 11.8 Å². The first-order valence-electron chi connectivity index (χ1n) is 5.45. The summed E-state index contributed by atoms with van der Waals surface area (Å²) >= 11 is 10.4. The normalized spacial score (nSPS) is 9.38. The van der Waals surface area contributed by atoms with Gasteiger partial charge in [-0.05, 0) is 48.9 Å². The molecule has 0 aromatic carbocycles. The highest BCUT2D eigenvalue weighted by atomic mass is 35.5. The van der Waals surface area contributed by atoms with Crippen molar-refractivity contribution in [3.05, 3.63) is 0 Å². The van der Waals surface area contributed by atoms with Gasteiger partial charge in [0.05, 0.1) is 0 Å². The maximum atomic E-state index is 10.4. The Labute approximate surface area is 107 Å². The van der Waals surface area contributed by atoms with Crippen molar-refractivity contribution in [2.75, 3.05) is 0 Å². The van der Waals surface area contributed by atoms with E-state index in [1.54, 1.807) is 0 Å². The highest BCUT2D eigenvalue weighted by Crippen LogP contribution is 2.03. The molecule has 2 nitrogen and oxygen atoms in total. The van der Waals surface area contributed by atoms with Gasteiger partial charge in [-0.1, -0.05) is 0 Å². The Balaban J connectivity index is 3.22. The molecular weight excluding hydrogens is 247 g/mol. The average molecular weight is 263 g/mol. The van der Waals surface area contributed by atoms with Crippen LogP contribution in [0.4, 0.5) is 0 Å². The quantitative estimate of drug-likeness (QED) is 0.380. The summed E-state index contributed by atoms with van der Waals surface area (Å²) in [7, 11) is 0. The standard InChI is InChI=1S/C12H16Cl2O2/c13-11(15)9-7-5-3-1-2-4-6-8-10-12(14)16/h3-10H2. The van der Waals surface area contributed by atoms with E-state index in [-0.39, 0.29) is 10.5 Å². The molecule has 0 aliphatic carbocycles. The first-order chi connectivity index (χ1) is 7.63. The molecule has 0 bridgehead atoms. The molecule has 0 rings (SSSR count). The Bertz CT molecular complexity index is 250. The maximum Gasteiger partial charge on any atom is 0.221 e. The van der Waals surface area contributed by atoms with Crippen LogP contribution in [0.25, 0.3) is 0 Å². The summed E-state index contributed by atoms with van der Waals surface area (Å²) in [6, 6.07) is 0. The van der Waals surface area contributed by atoms with Gasteiger partial charge in [0, 0.05) is 25.7 Å². The highest BCUT2D eigenvalue weighted by molar-refractivity contribution is 6.63. The van der Waals surface area contributed by atoms with Crippen molar-refractivity contribution in [3.8, 4) is 11.8 Å². The number of hydrogen-bond donors (Lipinski definition) is 0. The van der Waals surface area contributed by atoms with Gasteiger partial charge >= 0.3 is 0 Å². The van der Waals surface area contributed by atoms with Gasteiger partial charge < -0.3 is 0 Å². The van der Waals surface area contributed by atoms with Crippen LogP contribution in [0.15, 0.2) is 0 Å². The molecule has 0 aromatic rings. The third-order valence-electron chi connectivity index (χ3n) is 1.98. The Morgan fingerprint density at radius 2 is 1.12 bits per heavy atom. The van der Waals surface area contributed by atoms with Crippen LogP contribution in [0.1, 0.15) is 51.4 Å². The Morgan fingerprint density at radius 3 is 1.44 bits per heavy atom. The summed E-state index contributed by atoms with van der Waals surface area (Å²) in [5, 5.41) is -0.558. The molecule has 0 aromatic heterocycles. The monoisotopic (exact) mass is 262 g/mol. The second-order valence-corrected chi connectivity index (χ2v) is 4.32. The van der Waals surface area contributed by atoms with E-state index in [9.17, 15) is 9.59 Å². The number of carbonyl (C=O) groups excluding carboxylic acids is 2. The minimum atomic E-state index is -0.279. The van der Waals surface area contributed by atoms with Crippen LogP contribution in [0.2, 0.25) is 0 Å². The van der Waals surface area contributed by atoms with E-state index in [1.807, 2.05) is 0 Å². The number of unbranched alkanes of at least 4 members (excludes halogenated alkanes) is 4. The topological polar surface area (TPSA) is 34.1 Å². The van der Waals surface area contributed by atoms with Crippen LogP contribution < -0.4 is 0 Å². The lowest BCUT2D eigenvalue weighted by Crippen LogP contribution is -1.85. The molecule has 0 saturated carbocycles. The number of hydrogen-bond acceptors (Lipinski definition) is 2. The fourth-order valence-electron chi connectivity index (χ4n) is 1.13. The third-order valence-corrected chi connectivity index (χ3v) is 2.35. The molecule has 0 unspecified atom stereocenters. The van der Waals surface area contributed by atoms with E-state index in [0.29, 0.717) is 12.8 Å². The lowest BCUT2D eigenvalue weighted by atomic mass is 10.2. The molecule has 0 aliphatic rings. The molecule has 0 amide bonds. The zero-order chi connectivity index (χ0) is 12.2. The summed E-state index contributed by atoms with van der Waals surface area (Å²) in [4.78, 5) is 20.8. The van der Waals surface area contributed by atoms with Gasteiger partial charge in [0.25, 0.3) is 0 Å². The molecule has 4 heteroatoms. The van der Waals surface area contributed by atoms with Gasteiger partial charge in [-0.25, -0.2) is 0 Å². The zero-order valence-corrected chi connectivity index (χ0v) is 10.7. The van der Waals surface area contributed by atoms with Crippen LogP contribution >= 0.6 is 23.2 Å². The van der Waals surface area contributed by atoms with Gasteiger partial charge in [0.15, 0.2) is 0 Å². The molecule has 90 valence electrons. The third kappa shape index (κ3) is 13.5. The van der Waals surface area contributed by atoms with Crippen LogP contribution in [-0.4, -0.2) is 10.5 Å². The number of carbonyl (C=O) groups is 2. The van der Waals surface area contributed by atoms with Crippen molar-refractivity contribution >= 4 is 33.7 Å². The highest BCUT2D eigenvalue weighted by Gasteiger charge is 1.94. The van der Waals surface area contributed by atoms with Gasteiger partial charge in [-0.3, -0.25) is 9.59 Å². The summed E-state index contributed by atoms with van der Waals surface area (Å²) in [5.74, 6) is 6.05. The van der Waals surface area contributed by atoms with Gasteiger partial charge in [-0.2, -0.15) is 0 Å². The molecule has 0 N–H and O–H groups in total. The van der Waals surface area contributed by atoms with E-state index in [2.05, 4.69) is 11.8 Å². The minimum Gasteiger partial charge on any atom is -0.281 e. The van der Waals surface area contributed by atoms with Crippen molar-refractivity contribution in [2.45, 2.75) is 51.4 Å². The lowest BCUT2D eigenvalue weighted by molar-refractivity contribution is -0.112. The predicted octanol–water partition coefficient (Wildman–Crippen LogP) is 3.64. The SMILES string of the molecule is O=C(Cl)CCCCC#CCCCCC(=O)Cl. The molecule has 0 spiro atoms. The van der Waals surface area contributed by atoms with Gasteiger partial charge in [0.2, 0.25) is 10.5 Å². The number of rotatable bonds is 8. The van der Waals surface area contributed by atoms with E-state index in [4.69, 9.17) is 23.2 Å². The second-order valence-electron chi connectivity index (χ2n) is 3.48. The molecule has 0 heterocycles. The Hall–Kier alpha value is -0.520. The predicted molar refractivity (Wildman–Crippen MR) is 66.4 cm³/mol. The molecule has 0 radical (unpaired) electrons. The summed E-state index contributed by atoms with van der Waals surface area (Å²) < 4.78 is 0. The summed E-state index contributed by atoms with van der Waals surface area (Å²) in [5.41, 5.74) is 0. The summed E-state index contributed by atoms with van der Waals surface area (Å²) in [6.07, 6.45) is 5.89. The maximum absolute atomic E-state index is 10.4. The summed E-state index contributed by atoms with van der Waals surface area (Å²) in [6.45, 7) is 0. The fourth-order valence-corrected chi connectivity index (χ4v) is 1.40. The van der Waals surface area contributed by atoms with Crippen molar-refractivity contribution < 1.29 is 9.59 Å². The Kier molecular flexibility index (Phi) is 10.6. The fraction of sp³-hybridized carbons (Fsp3) is 0.667. The van der Waals surface area contributed by atoms with Crippen LogP contribution in [0.3, 0.4) is 0 Å². The van der Waals surface area contributed by atoms with Crippen molar-refractivity contribution in [3.63, 3.8) is 0 Å². The molecule has 0 atom stereocenters. The first-order valence-corrected chi connectivity index (χ1v) is 6.21. The van der Waals surface area contributed by atoms with Crippen LogP contribution in [0.5, 0.6) is 0 Å². The largest absolute Gasteiger partial charge is 0.281 e. The average Bonchev–Trinajstić information content (AvgIpc) is 2.20. The van der Waals surface area contributed by atoms with Crippen LogP contribution in [0, 0.1) is 11.8 Å². The molecule has 0 aliphatic heterocycles.